The molecule has 0 saturated carbocycles. The van der Waals surface area contributed by atoms with E-state index in [4.69, 9.17) is 4.98 Å². The van der Waals surface area contributed by atoms with Crippen LogP contribution in [0.25, 0.3) is 0 Å². The summed E-state index contributed by atoms with van der Waals surface area (Å²) < 4.78 is 0. The number of anilines is 1. The lowest BCUT2D eigenvalue weighted by Crippen LogP contribution is -2.41. The van der Waals surface area contributed by atoms with Crippen LogP contribution in [0.15, 0.2) is 6.07 Å². The highest BCUT2D eigenvalue weighted by molar-refractivity contribution is 5.57. The minimum absolute atomic E-state index is 0.727. The van der Waals surface area contributed by atoms with Crippen LogP contribution in [0.2, 0.25) is 0 Å². The molecule has 0 radical (unpaired) electrons. The fraction of sp³-hybridized carbons (Fsp3) is 0.667. The van der Waals surface area contributed by atoms with Crippen LogP contribution < -0.4 is 10.2 Å². The minimum atomic E-state index is 0.727. The number of pyridine rings is 1. The van der Waals surface area contributed by atoms with Crippen LogP contribution in [0.3, 0.4) is 0 Å². The van der Waals surface area contributed by atoms with Gasteiger partial charge in [0, 0.05) is 24.8 Å². The SMILES string of the molecule is N#Cc1cc2c(nc1N1CCC(C3CCCN3)CC1)CCC2. The minimum Gasteiger partial charge on any atom is -0.355 e. The standard InChI is InChI=1S/C18H24N4/c19-12-15-11-14-3-1-4-17(14)21-18(15)22-9-6-13(7-10-22)16-5-2-8-20-16/h11,13,16,20H,1-10H2. The monoisotopic (exact) mass is 296 g/mol. The number of nitrogens with one attached hydrogen (secondary N) is 1. The van der Waals surface area contributed by atoms with Crippen LogP contribution in [-0.4, -0.2) is 30.7 Å². The lowest BCUT2D eigenvalue weighted by atomic mass is 9.88. The molecule has 1 aliphatic carbocycles. The zero-order valence-electron chi connectivity index (χ0n) is 13.1. The van der Waals surface area contributed by atoms with Crippen LogP contribution >= 0.6 is 0 Å². The molecule has 1 atom stereocenters. The molecule has 3 heterocycles. The van der Waals surface area contributed by atoms with Gasteiger partial charge >= 0.3 is 0 Å². The molecule has 0 spiro atoms. The Morgan fingerprint density at radius 1 is 1.18 bits per heavy atom. The zero-order valence-corrected chi connectivity index (χ0v) is 13.1. The van der Waals surface area contributed by atoms with E-state index in [9.17, 15) is 5.26 Å². The number of piperidine rings is 1. The Morgan fingerprint density at radius 2 is 2.05 bits per heavy atom. The molecule has 0 aromatic carbocycles. The molecule has 116 valence electrons. The Hall–Kier alpha value is -1.60. The predicted molar refractivity (Wildman–Crippen MR) is 86.9 cm³/mol. The van der Waals surface area contributed by atoms with Crippen molar-refractivity contribution in [2.24, 2.45) is 5.92 Å². The molecule has 4 heteroatoms. The van der Waals surface area contributed by atoms with E-state index < -0.39 is 0 Å². The number of fused-ring (bicyclic) bond motifs is 1. The maximum atomic E-state index is 9.48. The van der Waals surface area contributed by atoms with E-state index in [1.807, 2.05) is 0 Å². The van der Waals surface area contributed by atoms with E-state index in [-0.39, 0.29) is 0 Å². The molecule has 2 fully saturated rings. The van der Waals surface area contributed by atoms with Gasteiger partial charge in [0.25, 0.3) is 0 Å². The van der Waals surface area contributed by atoms with Gasteiger partial charge in [0.15, 0.2) is 0 Å². The van der Waals surface area contributed by atoms with Crippen molar-refractivity contribution < 1.29 is 0 Å². The summed E-state index contributed by atoms with van der Waals surface area (Å²) in [6.07, 6.45) is 8.47. The molecule has 4 rings (SSSR count). The average Bonchev–Trinajstić information content (AvgIpc) is 3.25. The summed E-state index contributed by atoms with van der Waals surface area (Å²) in [7, 11) is 0. The summed E-state index contributed by atoms with van der Waals surface area (Å²) in [4.78, 5) is 7.21. The van der Waals surface area contributed by atoms with Gasteiger partial charge in [0.05, 0.1) is 5.56 Å². The molecule has 1 N–H and O–H groups in total. The number of nitriles is 1. The van der Waals surface area contributed by atoms with Crippen molar-refractivity contribution in [3.63, 3.8) is 0 Å². The smallest absolute Gasteiger partial charge is 0.146 e. The summed E-state index contributed by atoms with van der Waals surface area (Å²) in [6, 6.07) is 5.19. The summed E-state index contributed by atoms with van der Waals surface area (Å²) in [5, 5.41) is 13.1. The zero-order chi connectivity index (χ0) is 14.9. The van der Waals surface area contributed by atoms with Gasteiger partial charge in [0.1, 0.15) is 11.9 Å². The molecule has 0 amide bonds. The average molecular weight is 296 g/mol. The third-order valence-electron chi connectivity index (χ3n) is 5.66. The third kappa shape index (κ3) is 2.48. The van der Waals surface area contributed by atoms with Gasteiger partial charge < -0.3 is 10.2 Å². The number of aryl methyl sites for hydroxylation is 2. The highest BCUT2D eigenvalue weighted by atomic mass is 15.2. The van der Waals surface area contributed by atoms with Crippen molar-refractivity contribution in [3.8, 4) is 6.07 Å². The summed E-state index contributed by atoms with van der Waals surface area (Å²) >= 11 is 0. The van der Waals surface area contributed by atoms with E-state index in [1.165, 1.54) is 49.9 Å². The van der Waals surface area contributed by atoms with Crippen LogP contribution in [0.1, 0.15) is 48.9 Å². The molecule has 0 bridgehead atoms. The normalized spacial score (nSPS) is 25.2. The number of hydrogen-bond acceptors (Lipinski definition) is 4. The largest absolute Gasteiger partial charge is 0.355 e. The Bertz CT molecular complexity index is 590. The van der Waals surface area contributed by atoms with Gasteiger partial charge in [-0.25, -0.2) is 4.98 Å². The molecule has 2 saturated heterocycles. The van der Waals surface area contributed by atoms with Crippen LogP contribution in [0.4, 0.5) is 5.82 Å². The van der Waals surface area contributed by atoms with Gasteiger partial charge in [-0.15, -0.1) is 0 Å². The molecular formula is C18H24N4. The van der Waals surface area contributed by atoms with Gasteiger partial charge in [-0.2, -0.15) is 5.26 Å². The first-order valence-electron chi connectivity index (χ1n) is 8.76. The van der Waals surface area contributed by atoms with E-state index in [2.05, 4.69) is 22.4 Å². The number of aromatic nitrogens is 1. The van der Waals surface area contributed by atoms with Crippen LogP contribution in [-0.2, 0) is 12.8 Å². The first-order valence-corrected chi connectivity index (χ1v) is 8.76. The molecule has 3 aliphatic rings. The third-order valence-corrected chi connectivity index (χ3v) is 5.66. The van der Waals surface area contributed by atoms with E-state index in [1.54, 1.807) is 0 Å². The molecule has 1 aromatic heterocycles. The Morgan fingerprint density at radius 3 is 2.77 bits per heavy atom. The maximum absolute atomic E-state index is 9.48. The van der Waals surface area contributed by atoms with Crippen molar-refractivity contribution in [1.29, 1.82) is 5.26 Å². The second kappa shape index (κ2) is 5.89. The van der Waals surface area contributed by atoms with Crippen molar-refractivity contribution >= 4 is 5.82 Å². The molecule has 1 aromatic rings. The second-order valence-electron chi connectivity index (χ2n) is 6.96. The van der Waals surface area contributed by atoms with E-state index >= 15 is 0 Å². The molecular weight excluding hydrogens is 272 g/mol. The summed E-state index contributed by atoms with van der Waals surface area (Å²) in [5.41, 5.74) is 3.30. The Labute approximate surface area is 132 Å². The van der Waals surface area contributed by atoms with Gasteiger partial charge in [-0.05, 0) is 69.0 Å². The van der Waals surface area contributed by atoms with Gasteiger partial charge in [-0.1, -0.05) is 0 Å². The van der Waals surface area contributed by atoms with Crippen molar-refractivity contribution in [2.45, 2.75) is 51.0 Å². The van der Waals surface area contributed by atoms with Crippen molar-refractivity contribution in [3.05, 3.63) is 22.9 Å². The van der Waals surface area contributed by atoms with Crippen molar-refractivity contribution in [2.75, 3.05) is 24.5 Å². The number of nitrogens with zero attached hydrogens (tertiary/aromatic N) is 3. The molecule has 22 heavy (non-hydrogen) atoms. The Kier molecular flexibility index (Phi) is 3.75. The molecule has 2 aliphatic heterocycles. The summed E-state index contributed by atoms with van der Waals surface area (Å²) in [5.74, 6) is 1.75. The summed E-state index contributed by atoms with van der Waals surface area (Å²) in [6.45, 7) is 3.28. The molecule has 4 nitrogen and oxygen atoms in total. The Balaban J connectivity index is 1.50. The number of hydrogen-bond donors (Lipinski definition) is 1. The topological polar surface area (TPSA) is 52.0 Å². The van der Waals surface area contributed by atoms with Crippen molar-refractivity contribution in [1.82, 2.24) is 10.3 Å². The number of rotatable bonds is 2. The van der Waals surface area contributed by atoms with E-state index in [0.29, 0.717) is 0 Å². The lowest BCUT2D eigenvalue weighted by molar-refractivity contribution is 0.318. The van der Waals surface area contributed by atoms with E-state index in [0.717, 1.165) is 49.3 Å². The van der Waals surface area contributed by atoms with Crippen LogP contribution in [0, 0.1) is 17.2 Å². The second-order valence-corrected chi connectivity index (χ2v) is 6.96. The first kappa shape index (κ1) is 14.0. The quantitative estimate of drug-likeness (QED) is 0.910. The molecule has 1 unspecified atom stereocenters. The first-order chi connectivity index (χ1) is 10.8. The van der Waals surface area contributed by atoms with Crippen LogP contribution in [0.5, 0.6) is 0 Å². The highest BCUT2D eigenvalue weighted by Gasteiger charge is 2.30. The fourth-order valence-corrected chi connectivity index (χ4v) is 4.41. The maximum Gasteiger partial charge on any atom is 0.146 e. The predicted octanol–water partition coefficient (Wildman–Crippen LogP) is 2.41. The lowest BCUT2D eigenvalue weighted by Gasteiger charge is -2.36. The fourth-order valence-electron chi connectivity index (χ4n) is 4.41. The van der Waals surface area contributed by atoms with Gasteiger partial charge in [0.2, 0.25) is 0 Å². The highest BCUT2D eigenvalue weighted by Crippen LogP contribution is 2.31. The van der Waals surface area contributed by atoms with Gasteiger partial charge in [-0.3, -0.25) is 0 Å².